The summed E-state index contributed by atoms with van der Waals surface area (Å²) in [6.07, 6.45) is -2.24. The van der Waals surface area contributed by atoms with Crippen molar-refractivity contribution in [2.24, 2.45) is 0 Å². The van der Waals surface area contributed by atoms with Crippen molar-refractivity contribution in [3.8, 4) is 17.1 Å². The minimum atomic E-state index is -5.00. The molecular formula is C35H36F7N7O. The first kappa shape index (κ1) is 33.2. The van der Waals surface area contributed by atoms with Gasteiger partial charge in [-0.05, 0) is 81.3 Å². The number of nitrogens with zero attached hydrogens (tertiary/aromatic N) is 5. The highest BCUT2D eigenvalue weighted by atomic mass is 19.4. The van der Waals surface area contributed by atoms with Crippen LogP contribution in [0, 0.1) is 19.7 Å². The molecule has 0 saturated carbocycles. The Hall–Kier alpha value is -3.98. The zero-order chi connectivity index (χ0) is 35.2. The second-order valence-electron chi connectivity index (χ2n) is 14.4. The third kappa shape index (κ3) is 5.47. The number of aryl methyl sites for hydroxylation is 1. The molecule has 15 heteroatoms. The number of piperidine rings is 1. The van der Waals surface area contributed by atoms with E-state index in [2.05, 4.69) is 25.5 Å². The lowest BCUT2D eigenvalue weighted by Gasteiger charge is -2.49. The molecule has 4 aliphatic heterocycles. The van der Waals surface area contributed by atoms with Gasteiger partial charge in [0.25, 0.3) is 6.08 Å². The van der Waals surface area contributed by atoms with Crippen LogP contribution in [-0.4, -0.2) is 81.1 Å². The lowest BCUT2D eigenvalue weighted by molar-refractivity contribution is -0.137. The number of alkyl halides is 4. The van der Waals surface area contributed by atoms with Gasteiger partial charge in [-0.3, -0.25) is 10.00 Å². The van der Waals surface area contributed by atoms with Crippen molar-refractivity contribution in [1.82, 2.24) is 30.4 Å². The van der Waals surface area contributed by atoms with E-state index in [0.29, 0.717) is 54.3 Å². The third-order valence-electron chi connectivity index (χ3n) is 11.2. The Morgan fingerprint density at radius 3 is 2.68 bits per heavy atom. The Labute approximate surface area is 283 Å². The Morgan fingerprint density at radius 2 is 1.90 bits per heavy atom. The molecule has 0 aliphatic carbocycles. The molecule has 4 atom stereocenters. The fraction of sp³-hybridized carbons (Fsp3) is 0.514. The van der Waals surface area contributed by atoms with E-state index in [0.717, 1.165) is 18.6 Å². The van der Waals surface area contributed by atoms with Gasteiger partial charge in [-0.1, -0.05) is 0 Å². The molecule has 4 fully saturated rings. The van der Waals surface area contributed by atoms with Gasteiger partial charge < -0.3 is 15.0 Å². The molecule has 50 heavy (non-hydrogen) atoms. The minimum absolute atomic E-state index is 0.00399. The van der Waals surface area contributed by atoms with Gasteiger partial charge in [-0.15, -0.1) is 0 Å². The number of benzene rings is 2. The summed E-state index contributed by atoms with van der Waals surface area (Å²) < 4.78 is 111. The molecule has 0 amide bonds. The van der Waals surface area contributed by atoms with E-state index in [1.807, 2.05) is 4.90 Å². The molecule has 266 valence electrons. The first-order chi connectivity index (χ1) is 23.8. The summed E-state index contributed by atoms with van der Waals surface area (Å²) in [5.41, 5.74) is -2.53. The summed E-state index contributed by atoms with van der Waals surface area (Å²) >= 11 is 0. The molecule has 2 bridgehead atoms. The molecule has 2 aromatic heterocycles. The van der Waals surface area contributed by atoms with Crippen molar-refractivity contribution in [3.63, 3.8) is 0 Å². The van der Waals surface area contributed by atoms with Gasteiger partial charge in [0.2, 0.25) is 0 Å². The van der Waals surface area contributed by atoms with Gasteiger partial charge >= 0.3 is 12.2 Å². The zero-order valence-electron chi connectivity index (χ0n) is 27.5. The molecule has 8 rings (SSSR count). The van der Waals surface area contributed by atoms with Crippen molar-refractivity contribution in [3.05, 3.63) is 53.0 Å². The second kappa shape index (κ2) is 11.8. The van der Waals surface area contributed by atoms with Crippen molar-refractivity contribution < 1.29 is 35.5 Å². The molecule has 1 unspecified atom stereocenters. The van der Waals surface area contributed by atoms with Gasteiger partial charge in [-0.25, -0.2) is 8.78 Å². The Morgan fingerprint density at radius 1 is 1.08 bits per heavy atom. The van der Waals surface area contributed by atoms with Crippen LogP contribution in [0.15, 0.2) is 30.5 Å². The number of aromatic nitrogens is 4. The van der Waals surface area contributed by atoms with Crippen LogP contribution in [0.4, 0.5) is 36.6 Å². The third-order valence-corrected chi connectivity index (χ3v) is 11.2. The van der Waals surface area contributed by atoms with Crippen LogP contribution < -0.4 is 15.0 Å². The molecule has 2 aromatic carbocycles. The predicted molar refractivity (Wildman–Crippen MR) is 174 cm³/mol. The SMILES string of the molecule is Cc1cc2[nH]ncc2c(-c2c(C(F)(F)F)cc3c(N4CC5CCC[C@@](C=C(F)F)(C4)N5)nc(OC[C@@]45CCCN4C[C@H](F)C5)nc3c2F)c1C. The van der Waals surface area contributed by atoms with Crippen LogP contribution in [0.25, 0.3) is 32.9 Å². The summed E-state index contributed by atoms with van der Waals surface area (Å²) in [6, 6.07) is 2.05. The highest BCUT2D eigenvalue weighted by molar-refractivity contribution is 6.02. The maximum atomic E-state index is 17.2. The molecule has 6 heterocycles. The highest BCUT2D eigenvalue weighted by Gasteiger charge is 2.50. The fourth-order valence-corrected chi connectivity index (χ4v) is 8.94. The second-order valence-corrected chi connectivity index (χ2v) is 14.4. The average Bonchev–Trinajstić information content (AvgIpc) is 3.74. The molecule has 2 N–H and O–H groups in total. The zero-order valence-corrected chi connectivity index (χ0v) is 27.5. The largest absolute Gasteiger partial charge is 0.461 e. The van der Waals surface area contributed by atoms with E-state index in [4.69, 9.17) is 4.74 Å². The summed E-state index contributed by atoms with van der Waals surface area (Å²) in [7, 11) is 0. The number of ether oxygens (including phenoxy) is 1. The van der Waals surface area contributed by atoms with Gasteiger partial charge in [0.15, 0.2) is 5.82 Å². The van der Waals surface area contributed by atoms with E-state index in [9.17, 15) is 13.2 Å². The van der Waals surface area contributed by atoms with Crippen LogP contribution in [0.5, 0.6) is 6.01 Å². The molecule has 4 aliphatic rings. The van der Waals surface area contributed by atoms with Crippen LogP contribution in [-0.2, 0) is 6.18 Å². The summed E-state index contributed by atoms with van der Waals surface area (Å²) in [5.74, 6) is -1.26. The van der Waals surface area contributed by atoms with E-state index in [1.165, 1.54) is 6.20 Å². The van der Waals surface area contributed by atoms with E-state index in [1.54, 1.807) is 24.8 Å². The Bertz CT molecular complexity index is 2030. The maximum absolute atomic E-state index is 17.2. The van der Waals surface area contributed by atoms with Crippen molar-refractivity contribution in [2.45, 2.75) is 81.8 Å². The predicted octanol–water partition coefficient (Wildman–Crippen LogP) is 7.38. The Balaban J connectivity index is 1.34. The molecule has 4 saturated heterocycles. The van der Waals surface area contributed by atoms with Gasteiger partial charge in [0.1, 0.15) is 24.1 Å². The number of piperazine rings is 1. The minimum Gasteiger partial charge on any atom is -0.461 e. The first-order valence-electron chi connectivity index (χ1n) is 16.9. The van der Waals surface area contributed by atoms with E-state index in [-0.39, 0.29) is 61.5 Å². The first-order valence-corrected chi connectivity index (χ1v) is 16.9. The number of hydrogen-bond acceptors (Lipinski definition) is 7. The van der Waals surface area contributed by atoms with Crippen LogP contribution in [0.3, 0.4) is 0 Å². The summed E-state index contributed by atoms with van der Waals surface area (Å²) in [5, 5.41) is 10.2. The molecule has 0 radical (unpaired) electrons. The summed E-state index contributed by atoms with van der Waals surface area (Å²) in [4.78, 5) is 12.7. The number of rotatable bonds is 6. The maximum Gasteiger partial charge on any atom is 0.417 e. The standard InChI is InChI=1S/C35H36F7N7O/c1-18-9-25-23(13-43-47-25)27(19(18)2)28-24(35(40,41)42)10-22-30(29(28)39)44-32(50-17-34-7-4-8-49(34)14-20(36)11-34)45-31(22)48-15-21-5-3-6-33(16-48,46-21)12-26(37)38/h9-10,12-13,20-21,46H,3-8,11,14-17H2,1-2H3,(H,43,47)/t20-,21?,33-,34+/m1/s1. The molecule has 8 nitrogen and oxygen atoms in total. The fourth-order valence-electron chi connectivity index (χ4n) is 8.94. The number of fused-ring (bicyclic) bond motifs is 5. The highest BCUT2D eigenvalue weighted by Crippen LogP contribution is 2.47. The number of H-pyrrole nitrogens is 1. The molecular weight excluding hydrogens is 667 g/mol. The number of hydrogen-bond donors (Lipinski definition) is 2. The topological polar surface area (TPSA) is 82.2 Å². The number of halogens is 7. The van der Waals surface area contributed by atoms with Crippen molar-refractivity contribution in [2.75, 3.05) is 37.7 Å². The lowest BCUT2D eigenvalue weighted by atomic mass is 9.82. The van der Waals surface area contributed by atoms with E-state index >= 15 is 17.6 Å². The normalized spacial score (nSPS) is 26.9. The lowest BCUT2D eigenvalue weighted by Crippen LogP contribution is -2.66. The Kier molecular flexibility index (Phi) is 7.82. The van der Waals surface area contributed by atoms with Crippen LogP contribution >= 0.6 is 0 Å². The summed E-state index contributed by atoms with van der Waals surface area (Å²) in [6.45, 7) is 4.51. The van der Waals surface area contributed by atoms with Crippen LogP contribution in [0.2, 0.25) is 0 Å². The van der Waals surface area contributed by atoms with Crippen molar-refractivity contribution >= 4 is 27.6 Å². The monoisotopic (exact) mass is 703 g/mol. The van der Waals surface area contributed by atoms with Gasteiger partial charge in [-0.2, -0.15) is 37.0 Å². The average molecular weight is 704 g/mol. The van der Waals surface area contributed by atoms with E-state index < -0.39 is 52.0 Å². The number of anilines is 1. The molecule has 4 aromatic rings. The van der Waals surface area contributed by atoms with Gasteiger partial charge in [0, 0.05) is 54.5 Å². The van der Waals surface area contributed by atoms with Gasteiger partial charge in [0.05, 0.1) is 28.4 Å². The molecule has 0 spiro atoms. The number of nitrogens with one attached hydrogen (secondary N) is 2. The van der Waals surface area contributed by atoms with Crippen molar-refractivity contribution in [1.29, 1.82) is 0 Å². The quantitative estimate of drug-likeness (QED) is 0.203. The number of aromatic amines is 1. The smallest absolute Gasteiger partial charge is 0.417 e. The van der Waals surface area contributed by atoms with Crippen LogP contribution in [0.1, 0.15) is 55.2 Å².